The van der Waals surface area contributed by atoms with Crippen LogP contribution in [-0.4, -0.2) is 24.3 Å². The fourth-order valence-electron chi connectivity index (χ4n) is 1.38. The number of rotatable bonds is 8. The van der Waals surface area contributed by atoms with Gasteiger partial charge in [-0.1, -0.05) is 13.3 Å². The van der Waals surface area contributed by atoms with Gasteiger partial charge in [-0.15, -0.1) is 0 Å². The summed E-state index contributed by atoms with van der Waals surface area (Å²) in [7, 11) is 0. The Bertz CT molecular complexity index is 200. The summed E-state index contributed by atoms with van der Waals surface area (Å²) in [6, 6.07) is 0. The second kappa shape index (κ2) is 7.63. The molecule has 0 saturated carbocycles. The van der Waals surface area contributed by atoms with Crippen molar-refractivity contribution in [3.63, 3.8) is 0 Å². The number of unbranched alkanes of at least 4 members (excludes halogenated alkanes) is 1. The summed E-state index contributed by atoms with van der Waals surface area (Å²) in [4.78, 5) is 10.6. The van der Waals surface area contributed by atoms with Gasteiger partial charge in [0, 0.05) is 13.0 Å². The highest BCUT2D eigenvalue weighted by Crippen LogP contribution is 2.13. The normalized spacial score (nSPS) is 13.8. The summed E-state index contributed by atoms with van der Waals surface area (Å²) in [5.41, 5.74) is 4.92. The van der Waals surface area contributed by atoms with Crippen molar-refractivity contribution in [3.05, 3.63) is 0 Å². The molecule has 0 bridgehead atoms. The molecular formula is C12H26N2O2. The number of nitrogens with one attached hydrogen (secondary N) is 1. The van der Waals surface area contributed by atoms with Crippen LogP contribution in [0.1, 0.15) is 53.4 Å². The van der Waals surface area contributed by atoms with Gasteiger partial charge in [-0.2, -0.15) is 0 Å². The zero-order chi connectivity index (χ0) is 12.6. The summed E-state index contributed by atoms with van der Waals surface area (Å²) in [5.74, 6) is -0.280. The molecule has 0 aromatic carbocycles. The van der Waals surface area contributed by atoms with Crippen LogP contribution in [0.15, 0.2) is 0 Å². The number of hydrogen-bond donors (Lipinski definition) is 2. The molecule has 1 atom stereocenters. The first-order valence-electron chi connectivity index (χ1n) is 6.04. The van der Waals surface area contributed by atoms with Crippen molar-refractivity contribution >= 4 is 5.91 Å². The largest absolute Gasteiger partial charge is 0.370 e. The van der Waals surface area contributed by atoms with Crippen LogP contribution in [0.3, 0.4) is 0 Å². The van der Waals surface area contributed by atoms with E-state index < -0.39 is 0 Å². The van der Waals surface area contributed by atoms with Crippen molar-refractivity contribution in [1.82, 2.24) is 5.32 Å². The molecule has 0 spiro atoms. The SMILES string of the molecule is CCCCC(NCCC(N)=O)OC(C)(C)C. The van der Waals surface area contributed by atoms with Crippen LogP contribution in [0.25, 0.3) is 0 Å². The molecule has 0 aromatic rings. The van der Waals surface area contributed by atoms with Crippen molar-refractivity contribution in [2.75, 3.05) is 6.54 Å². The maximum absolute atomic E-state index is 10.6. The first-order valence-corrected chi connectivity index (χ1v) is 6.04. The Morgan fingerprint density at radius 1 is 1.44 bits per heavy atom. The van der Waals surface area contributed by atoms with Gasteiger partial charge in [-0.3, -0.25) is 10.1 Å². The van der Waals surface area contributed by atoms with Gasteiger partial charge in [0.1, 0.15) is 6.23 Å². The Balaban J connectivity index is 3.95. The number of ether oxygens (including phenoxy) is 1. The Morgan fingerprint density at radius 2 is 2.06 bits per heavy atom. The standard InChI is InChI=1S/C12H26N2O2/c1-5-6-7-11(16-12(2,3)4)14-9-8-10(13)15/h11,14H,5-9H2,1-4H3,(H2,13,15). The van der Waals surface area contributed by atoms with Crippen molar-refractivity contribution in [2.24, 2.45) is 5.73 Å². The lowest BCUT2D eigenvalue weighted by molar-refractivity contribution is -0.118. The van der Waals surface area contributed by atoms with Crippen LogP contribution in [0, 0.1) is 0 Å². The Morgan fingerprint density at radius 3 is 2.50 bits per heavy atom. The van der Waals surface area contributed by atoms with E-state index in [2.05, 4.69) is 12.2 Å². The molecule has 0 fully saturated rings. The zero-order valence-corrected chi connectivity index (χ0v) is 11.0. The van der Waals surface area contributed by atoms with E-state index in [4.69, 9.17) is 10.5 Å². The molecule has 0 aromatic heterocycles. The molecule has 96 valence electrons. The summed E-state index contributed by atoms with van der Waals surface area (Å²) in [5, 5.41) is 3.22. The molecule has 1 amide bonds. The van der Waals surface area contributed by atoms with Crippen LogP contribution in [-0.2, 0) is 9.53 Å². The third kappa shape index (κ3) is 9.93. The molecule has 0 rings (SSSR count). The fraction of sp³-hybridized carbons (Fsp3) is 0.917. The van der Waals surface area contributed by atoms with Gasteiger partial charge in [0.25, 0.3) is 0 Å². The second-order valence-corrected chi connectivity index (χ2v) is 5.03. The van der Waals surface area contributed by atoms with E-state index >= 15 is 0 Å². The minimum atomic E-state index is -0.280. The summed E-state index contributed by atoms with van der Waals surface area (Å²) < 4.78 is 5.86. The van der Waals surface area contributed by atoms with E-state index in [9.17, 15) is 4.79 Å². The third-order valence-electron chi connectivity index (χ3n) is 2.06. The van der Waals surface area contributed by atoms with E-state index in [0.29, 0.717) is 13.0 Å². The van der Waals surface area contributed by atoms with Crippen LogP contribution in [0.2, 0.25) is 0 Å². The van der Waals surface area contributed by atoms with E-state index in [1.807, 2.05) is 20.8 Å². The number of amides is 1. The maximum Gasteiger partial charge on any atom is 0.218 e. The predicted molar refractivity (Wildman–Crippen MR) is 66.0 cm³/mol. The highest BCUT2D eigenvalue weighted by atomic mass is 16.5. The number of hydrogen-bond acceptors (Lipinski definition) is 3. The quantitative estimate of drug-likeness (QED) is 0.625. The van der Waals surface area contributed by atoms with Crippen molar-refractivity contribution in [3.8, 4) is 0 Å². The van der Waals surface area contributed by atoms with Crippen LogP contribution in [0.5, 0.6) is 0 Å². The van der Waals surface area contributed by atoms with Crippen LogP contribution in [0.4, 0.5) is 0 Å². The molecule has 0 saturated heterocycles. The fourth-order valence-corrected chi connectivity index (χ4v) is 1.38. The first-order chi connectivity index (χ1) is 7.35. The predicted octanol–water partition coefficient (Wildman–Crippen LogP) is 1.78. The van der Waals surface area contributed by atoms with Crippen LogP contribution >= 0.6 is 0 Å². The Kier molecular flexibility index (Phi) is 7.34. The zero-order valence-electron chi connectivity index (χ0n) is 11.0. The molecule has 0 aliphatic heterocycles. The molecule has 0 aliphatic rings. The highest BCUT2D eigenvalue weighted by molar-refractivity contribution is 5.73. The lowest BCUT2D eigenvalue weighted by Gasteiger charge is -2.28. The molecule has 4 heteroatoms. The van der Waals surface area contributed by atoms with Crippen molar-refractivity contribution < 1.29 is 9.53 Å². The number of primary amides is 1. The van der Waals surface area contributed by atoms with E-state index in [1.54, 1.807) is 0 Å². The average Bonchev–Trinajstić information content (AvgIpc) is 2.11. The molecule has 4 nitrogen and oxygen atoms in total. The van der Waals surface area contributed by atoms with E-state index in [1.165, 1.54) is 0 Å². The number of carbonyl (C=O) groups is 1. The molecule has 0 aliphatic carbocycles. The van der Waals surface area contributed by atoms with Gasteiger partial charge in [0.05, 0.1) is 5.60 Å². The van der Waals surface area contributed by atoms with Gasteiger partial charge in [0.2, 0.25) is 5.91 Å². The van der Waals surface area contributed by atoms with Crippen molar-refractivity contribution in [1.29, 1.82) is 0 Å². The van der Waals surface area contributed by atoms with Gasteiger partial charge < -0.3 is 10.5 Å². The molecule has 0 heterocycles. The lowest BCUT2D eigenvalue weighted by Crippen LogP contribution is -2.39. The van der Waals surface area contributed by atoms with Gasteiger partial charge in [-0.05, 0) is 33.6 Å². The molecule has 1 unspecified atom stereocenters. The summed E-state index contributed by atoms with van der Waals surface area (Å²) in [6.45, 7) is 8.82. The van der Waals surface area contributed by atoms with Gasteiger partial charge in [-0.25, -0.2) is 0 Å². The lowest BCUT2D eigenvalue weighted by atomic mass is 10.1. The molecule has 0 radical (unpaired) electrons. The average molecular weight is 230 g/mol. The Hall–Kier alpha value is -0.610. The second-order valence-electron chi connectivity index (χ2n) is 5.03. The minimum absolute atomic E-state index is 0.0132. The smallest absolute Gasteiger partial charge is 0.218 e. The molecule has 16 heavy (non-hydrogen) atoms. The molecule has 3 N–H and O–H groups in total. The topological polar surface area (TPSA) is 64.3 Å². The third-order valence-corrected chi connectivity index (χ3v) is 2.06. The first kappa shape index (κ1) is 15.4. The summed E-state index contributed by atoms with van der Waals surface area (Å²) in [6.07, 6.45) is 3.59. The highest BCUT2D eigenvalue weighted by Gasteiger charge is 2.17. The van der Waals surface area contributed by atoms with Gasteiger partial charge in [0.15, 0.2) is 0 Å². The summed E-state index contributed by atoms with van der Waals surface area (Å²) >= 11 is 0. The monoisotopic (exact) mass is 230 g/mol. The van der Waals surface area contributed by atoms with E-state index in [0.717, 1.165) is 19.3 Å². The molecular weight excluding hydrogens is 204 g/mol. The maximum atomic E-state index is 10.6. The Labute approximate surface area is 98.9 Å². The van der Waals surface area contributed by atoms with Crippen LogP contribution < -0.4 is 11.1 Å². The van der Waals surface area contributed by atoms with E-state index in [-0.39, 0.29) is 17.7 Å². The number of carbonyl (C=O) groups excluding carboxylic acids is 1. The van der Waals surface area contributed by atoms with Crippen molar-refractivity contribution in [2.45, 2.75) is 65.2 Å². The number of nitrogens with two attached hydrogens (primary N) is 1. The minimum Gasteiger partial charge on any atom is -0.370 e. The van der Waals surface area contributed by atoms with Gasteiger partial charge >= 0.3 is 0 Å².